The molecule has 0 spiro atoms. The molecule has 0 amide bonds. The van der Waals surface area contributed by atoms with Crippen molar-refractivity contribution >= 4 is 9.84 Å². The Morgan fingerprint density at radius 3 is 2.70 bits per heavy atom. The van der Waals surface area contributed by atoms with Gasteiger partial charge in [0.05, 0.1) is 29.2 Å². The molecule has 1 aliphatic rings. The van der Waals surface area contributed by atoms with Crippen LogP contribution in [0, 0.1) is 11.3 Å². The van der Waals surface area contributed by atoms with Crippen molar-refractivity contribution in [3.63, 3.8) is 0 Å². The number of nitriles is 1. The number of aliphatic hydroxyl groups is 1. The largest absolute Gasteiger partial charge is 0.387 e. The van der Waals surface area contributed by atoms with Crippen LogP contribution in [-0.4, -0.2) is 37.6 Å². The summed E-state index contributed by atoms with van der Waals surface area (Å²) in [5.41, 5.74) is 1.27. The van der Waals surface area contributed by atoms with Crippen molar-refractivity contribution in [3.8, 4) is 6.07 Å². The highest BCUT2D eigenvalue weighted by molar-refractivity contribution is 7.91. The van der Waals surface area contributed by atoms with Gasteiger partial charge in [0.15, 0.2) is 9.84 Å². The molecular weight excluding hydrogens is 276 g/mol. The van der Waals surface area contributed by atoms with Crippen LogP contribution in [-0.2, 0) is 9.84 Å². The molecule has 5 nitrogen and oxygen atoms in total. The number of benzene rings is 1. The minimum atomic E-state index is -2.93. The first kappa shape index (κ1) is 15.0. The topological polar surface area (TPSA) is 90.2 Å². The van der Waals surface area contributed by atoms with Gasteiger partial charge in [0.25, 0.3) is 0 Å². The van der Waals surface area contributed by atoms with E-state index in [1.54, 1.807) is 24.3 Å². The quantitative estimate of drug-likeness (QED) is 0.855. The van der Waals surface area contributed by atoms with E-state index in [1.807, 2.05) is 6.07 Å². The van der Waals surface area contributed by atoms with E-state index >= 15 is 0 Å². The summed E-state index contributed by atoms with van der Waals surface area (Å²) in [5.74, 6) is 0.413. The zero-order valence-electron chi connectivity index (χ0n) is 11.1. The SMILES string of the molecule is N#Cc1ccc(C(O)CNC2CCCS(=O)(=O)C2)cc1. The molecule has 0 radical (unpaired) electrons. The van der Waals surface area contributed by atoms with Crippen molar-refractivity contribution in [3.05, 3.63) is 35.4 Å². The van der Waals surface area contributed by atoms with Gasteiger partial charge in [0, 0.05) is 12.6 Å². The van der Waals surface area contributed by atoms with Crippen molar-refractivity contribution in [2.45, 2.75) is 25.0 Å². The molecule has 1 aliphatic heterocycles. The van der Waals surface area contributed by atoms with Crippen LogP contribution in [0.15, 0.2) is 24.3 Å². The van der Waals surface area contributed by atoms with Gasteiger partial charge in [-0.3, -0.25) is 0 Å². The highest BCUT2D eigenvalue weighted by Crippen LogP contribution is 2.15. The summed E-state index contributed by atoms with van der Waals surface area (Å²) in [6.45, 7) is 0.312. The molecule has 1 heterocycles. The smallest absolute Gasteiger partial charge is 0.151 e. The minimum absolute atomic E-state index is 0.0817. The van der Waals surface area contributed by atoms with Gasteiger partial charge in [0.1, 0.15) is 0 Å². The van der Waals surface area contributed by atoms with E-state index in [-0.39, 0.29) is 17.5 Å². The molecule has 2 N–H and O–H groups in total. The fraction of sp³-hybridized carbons (Fsp3) is 0.500. The van der Waals surface area contributed by atoms with E-state index in [1.165, 1.54) is 0 Å². The van der Waals surface area contributed by atoms with Gasteiger partial charge in [-0.25, -0.2) is 8.42 Å². The Morgan fingerprint density at radius 1 is 1.40 bits per heavy atom. The molecular formula is C14H18N2O3S. The van der Waals surface area contributed by atoms with E-state index in [0.717, 1.165) is 12.0 Å². The third-order valence-electron chi connectivity index (χ3n) is 3.49. The Labute approximate surface area is 119 Å². The maximum absolute atomic E-state index is 11.5. The maximum atomic E-state index is 11.5. The van der Waals surface area contributed by atoms with E-state index in [2.05, 4.69) is 5.32 Å². The number of nitrogens with one attached hydrogen (secondary N) is 1. The second-order valence-electron chi connectivity index (χ2n) is 5.11. The number of nitrogens with zero attached hydrogens (tertiary/aromatic N) is 1. The predicted molar refractivity (Wildman–Crippen MR) is 75.8 cm³/mol. The zero-order chi connectivity index (χ0) is 14.6. The van der Waals surface area contributed by atoms with Crippen LogP contribution in [0.2, 0.25) is 0 Å². The summed E-state index contributed by atoms with van der Waals surface area (Å²) in [7, 11) is -2.93. The van der Waals surface area contributed by atoms with Gasteiger partial charge in [-0.1, -0.05) is 12.1 Å². The molecule has 2 unspecified atom stereocenters. The van der Waals surface area contributed by atoms with E-state index in [0.29, 0.717) is 18.5 Å². The molecule has 0 aliphatic carbocycles. The maximum Gasteiger partial charge on any atom is 0.151 e. The zero-order valence-corrected chi connectivity index (χ0v) is 11.9. The Bertz CT molecular complexity index is 590. The third-order valence-corrected chi connectivity index (χ3v) is 5.31. The van der Waals surface area contributed by atoms with Crippen LogP contribution in [0.3, 0.4) is 0 Å². The summed E-state index contributed by atoms with van der Waals surface area (Å²) in [6.07, 6.45) is 0.791. The summed E-state index contributed by atoms with van der Waals surface area (Å²) in [4.78, 5) is 0. The second-order valence-corrected chi connectivity index (χ2v) is 7.34. The molecule has 2 atom stereocenters. The second kappa shape index (κ2) is 6.35. The lowest BCUT2D eigenvalue weighted by Crippen LogP contribution is -2.41. The summed E-state index contributed by atoms with van der Waals surface area (Å²) >= 11 is 0. The van der Waals surface area contributed by atoms with Gasteiger partial charge in [-0.15, -0.1) is 0 Å². The predicted octanol–water partition coefficient (Wildman–Crippen LogP) is 0.758. The van der Waals surface area contributed by atoms with Crippen LogP contribution >= 0.6 is 0 Å². The van der Waals surface area contributed by atoms with Crippen LogP contribution in [0.5, 0.6) is 0 Å². The highest BCUT2D eigenvalue weighted by atomic mass is 32.2. The fourth-order valence-electron chi connectivity index (χ4n) is 2.36. The molecule has 1 saturated heterocycles. The average molecular weight is 294 g/mol. The molecule has 20 heavy (non-hydrogen) atoms. The normalized spacial score (nSPS) is 22.9. The molecule has 0 bridgehead atoms. The number of hydrogen-bond donors (Lipinski definition) is 2. The number of hydrogen-bond acceptors (Lipinski definition) is 5. The molecule has 1 aromatic rings. The molecule has 1 aromatic carbocycles. The Hall–Kier alpha value is -1.42. The van der Waals surface area contributed by atoms with Crippen LogP contribution < -0.4 is 5.32 Å². The molecule has 108 valence electrons. The van der Waals surface area contributed by atoms with Gasteiger partial charge >= 0.3 is 0 Å². The Kier molecular flexibility index (Phi) is 4.76. The lowest BCUT2D eigenvalue weighted by molar-refractivity contribution is 0.170. The number of aliphatic hydroxyl groups excluding tert-OH is 1. The minimum Gasteiger partial charge on any atom is -0.387 e. The molecule has 0 saturated carbocycles. The number of sulfone groups is 1. The third kappa shape index (κ3) is 4.04. The Balaban J connectivity index is 1.88. The molecule has 6 heteroatoms. The van der Waals surface area contributed by atoms with Crippen molar-refractivity contribution < 1.29 is 13.5 Å². The van der Waals surface area contributed by atoms with E-state index < -0.39 is 15.9 Å². The average Bonchev–Trinajstić information content (AvgIpc) is 2.44. The first-order chi connectivity index (χ1) is 9.50. The lowest BCUT2D eigenvalue weighted by atomic mass is 10.1. The molecule has 1 fully saturated rings. The van der Waals surface area contributed by atoms with E-state index in [9.17, 15) is 13.5 Å². The van der Waals surface area contributed by atoms with Gasteiger partial charge in [-0.2, -0.15) is 5.26 Å². The standard InChI is InChI=1S/C14H18N2O3S/c15-8-11-3-5-12(6-4-11)14(17)9-16-13-2-1-7-20(18,19)10-13/h3-6,13-14,16-17H,1-2,7,9-10H2. The molecule has 2 rings (SSSR count). The van der Waals surface area contributed by atoms with Crippen molar-refractivity contribution in [1.82, 2.24) is 5.32 Å². The van der Waals surface area contributed by atoms with Crippen LogP contribution in [0.1, 0.15) is 30.1 Å². The lowest BCUT2D eigenvalue weighted by Gasteiger charge is -2.24. The summed E-state index contributed by atoms with van der Waals surface area (Å²) < 4.78 is 23.0. The highest BCUT2D eigenvalue weighted by Gasteiger charge is 2.24. The van der Waals surface area contributed by atoms with Crippen molar-refractivity contribution in [2.24, 2.45) is 0 Å². The summed E-state index contributed by atoms with van der Waals surface area (Å²) in [6, 6.07) is 8.67. The summed E-state index contributed by atoms with van der Waals surface area (Å²) in [5, 5.41) is 21.9. The Morgan fingerprint density at radius 2 is 2.10 bits per heavy atom. The monoisotopic (exact) mass is 294 g/mol. The first-order valence-electron chi connectivity index (χ1n) is 6.62. The fourth-order valence-corrected chi connectivity index (χ4v) is 4.03. The van der Waals surface area contributed by atoms with E-state index in [4.69, 9.17) is 5.26 Å². The van der Waals surface area contributed by atoms with Crippen molar-refractivity contribution in [2.75, 3.05) is 18.1 Å². The van der Waals surface area contributed by atoms with Gasteiger partial charge in [0.2, 0.25) is 0 Å². The van der Waals surface area contributed by atoms with Gasteiger partial charge in [-0.05, 0) is 30.5 Å². The molecule has 0 aromatic heterocycles. The van der Waals surface area contributed by atoms with Crippen LogP contribution in [0.25, 0.3) is 0 Å². The van der Waals surface area contributed by atoms with Crippen LogP contribution in [0.4, 0.5) is 0 Å². The first-order valence-corrected chi connectivity index (χ1v) is 8.44. The van der Waals surface area contributed by atoms with Gasteiger partial charge < -0.3 is 10.4 Å². The van der Waals surface area contributed by atoms with Crippen molar-refractivity contribution in [1.29, 1.82) is 5.26 Å². The number of rotatable bonds is 4.